The summed E-state index contributed by atoms with van der Waals surface area (Å²) in [4.78, 5) is 1.36. The molecule has 3 heteroatoms. The third-order valence-electron chi connectivity index (χ3n) is 4.18. The van der Waals surface area contributed by atoms with E-state index in [1.807, 2.05) is 12.1 Å². The molecule has 2 rings (SSSR count). The first-order valence-corrected chi connectivity index (χ1v) is 9.14. The summed E-state index contributed by atoms with van der Waals surface area (Å²) in [6.45, 7) is 12.0. The monoisotopic (exact) mass is 286 g/mol. The lowest BCUT2D eigenvalue weighted by molar-refractivity contribution is 0.311. The Bertz CT molecular complexity index is 395. The highest BCUT2D eigenvalue weighted by atomic mass is 35.5. The Kier molecular flexibility index (Phi) is 3.58. The molecule has 0 nitrogen and oxygen atoms in total. The summed E-state index contributed by atoms with van der Waals surface area (Å²) in [7, 11) is -0.0360. The van der Waals surface area contributed by atoms with Gasteiger partial charge in [0.25, 0.3) is 0 Å². The van der Waals surface area contributed by atoms with Crippen LogP contribution in [0.1, 0.15) is 34.6 Å². The van der Waals surface area contributed by atoms with Crippen LogP contribution >= 0.6 is 30.1 Å². The van der Waals surface area contributed by atoms with Gasteiger partial charge in [-0.25, -0.2) is 0 Å². The van der Waals surface area contributed by atoms with E-state index < -0.39 is 0 Å². The molecule has 0 N–H and O–H groups in total. The van der Waals surface area contributed by atoms with Gasteiger partial charge >= 0.3 is 0 Å². The van der Waals surface area contributed by atoms with Crippen molar-refractivity contribution >= 4 is 30.1 Å². The fourth-order valence-electron chi connectivity index (χ4n) is 2.73. The minimum Gasteiger partial charge on any atom is -0.0975 e. The van der Waals surface area contributed by atoms with Crippen molar-refractivity contribution in [3.05, 3.63) is 29.3 Å². The fraction of sp³-hybridized carbons (Fsp3) is 0.571. The summed E-state index contributed by atoms with van der Waals surface area (Å²) in [5.74, 6) is 0.793. The molecule has 1 aromatic rings. The first-order chi connectivity index (χ1) is 7.76. The highest BCUT2D eigenvalue weighted by Gasteiger charge is 2.59. The SMILES string of the molecule is CC1C(C)(C)P(Sc2ccc(Cl)cc2)C1(C)C. The summed E-state index contributed by atoms with van der Waals surface area (Å²) >= 11 is 7.99. The highest BCUT2D eigenvalue weighted by Crippen LogP contribution is 2.83. The first-order valence-electron chi connectivity index (χ1n) is 6.00. The quantitative estimate of drug-likeness (QED) is 0.598. The molecule has 17 heavy (non-hydrogen) atoms. The number of benzene rings is 1. The number of hydrogen-bond donors (Lipinski definition) is 0. The Labute approximate surface area is 115 Å². The van der Waals surface area contributed by atoms with Gasteiger partial charge in [0.1, 0.15) is 0 Å². The van der Waals surface area contributed by atoms with Gasteiger partial charge in [0.2, 0.25) is 0 Å². The first kappa shape index (κ1) is 13.7. The lowest BCUT2D eigenvalue weighted by atomic mass is 9.83. The summed E-state index contributed by atoms with van der Waals surface area (Å²) < 4.78 is 0. The number of hydrogen-bond acceptors (Lipinski definition) is 1. The van der Waals surface area contributed by atoms with Crippen LogP contribution in [0.3, 0.4) is 0 Å². The van der Waals surface area contributed by atoms with Gasteiger partial charge in [-0.3, -0.25) is 0 Å². The van der Waals surface area contributed by atoms with E-state index in [4.69, 9.17) is 11.6 Å². The van der Waals surface area contributed by atoms with Gasteiger partial charge in [-0.1, -0.05) is 57.6 Å². The Balaban J connectivity index is 2.16. The molecule has 0 amide bonds. The second-order valence-electron chi connectivity index (χ2n) is 5.87. The molecular formula is C14H20ClPS. The van der Waals surface area contributed by atoms with E-state index in [9.17, 15) is 0 Å². The Morgan fingerprint density at radius 2 is 1.53 bits per heavy atom. The summed E-state index contributed by atoms with van der Waals surface area (Å²) in [5, 5.41) is 1.77. The van der Waals surface area contributed by atoms with Crippen LogP contribution in [-0.2, 0) is 0 Å². The summed E-state index contributed by atoms with van der Waals surface area (Å²) in [5.41, 5.74) is 0. The Hall–Kier alpha value is 0.290. The number of halogens is 1. The van der Waals surface area contributed by atoms with Gasteiger partial charge in [-0.05, 0) is 47.6 Å². The topological polar surface area (TPSA) is 0 Å². The van der Waals surface area contributed by atoms with Crippen LogP contribution in [0.25, 0.3) is 0 Å². The molecule has 0 spiro atoms. The van der Waals surface area contributed by atoms with Crippen molar-refractivity contribution in [3.63, 3.8) is 0 Å². The molecule has 0 aliphatic carbocycles. The average Bonchev–Trinajstić information content (AvgIpc) is 2.26. The van der Waals surface area contributed by atoms with Gasteiger partial charge < -0.3 is 0 Å². The second-order valence-corrected chi connectivity index (χ2v) is 11.5. The van der Waals surface area contributed by atoms with Crippen molar-refractivity contribution in [1.29, 1.82) is 0 Å². The lowest BCUT2D eigenvalue weighted by Gasteiger charge is -2.63. The van der Waals surface area contributed by atoms with E-state index in [2.05, 4.69) is 58.1 Å². The van der Waals surface area contributed by atoms with Crippen LogP contribution < -0.4 is 0 Å². The van der Waals surface area contributed by atoms with Crippen molar-refractivity contribution in [2.75, 3.05) is 0 Å². The maximum Gasteiger partial charge on any atom is 0.0406 e. The Morgan fingerprint density at radius 3 is 2.00 bits per heavy atom. The van der Waals surface area contributed by atoms with Crippen molar-refractivity contribution in [3.8, 4) is 0 Å². The molecule has 1 heterocycles. The molecule has 0 saturated carbocycles. The molecule has 94 valence electrons. The summed E-state index contributed by atoms with van der Waals surface area (Å²) in [6.07, 6.45) is 0. The smallest absolute Gasteiger partial charge is 0.0406 e. The molecule has 0 unspecified atom stereocenters. The van der Waals surface area contributed by atoms with Crippen LogP contribution in [0.15, 0.2) is 29.2 Å². The van der Waals surface area contributed by atoms with Crippen LogP contribution in [0.4, 0.5) is 0 Å². The molecule has 1 aliphatic heterocycles. The van der Waals surface area contributed by atoms with Crippen molar-refractivity contribution in [2.45, 2.75) is 49.8 Å². The van der Waals surface area contributed by atoms with Gasteiger partial charge in [0.15, 0.2) is 0 Å². The molecular weight excluding hydrogens is 267 g/mol. The molecule has 1 fully saturated rings. The van der Waals surface area contributed by atoms with Crippen molar-refractivity contribution in [2.24, 2.45) is 5.92 Å². The third-order valence-corrected chi connectivity index (χ3v) is 12.0. The maximum atomic E-state index is 5.93. The van der Waals surface area contributed by atoms with Crippen LogP contribution in [0, 0.1) is 5.92 Å². The van der Waals surface area contributed by atoms with Gasteiger partial charge in [0, 0.05) is 9.92 Å². The van der Waals surface area contributed by atoms with Crippen LogP contribution in [-0.4, -0.2) is 10.3 Å². The Morgan fingerprint density at radius 1 is 1.06 bits per heavy atom. The normalized spacial score (nSPS) is 29.8. The minimum absolute atomic E-state index is 0.0360. The molecule has 0 aromatic heterocycles. The zero-order valence-electron chi connectivity index (χ0n) is 11.1. The van der Waals surface area contributed by atoms with E-state index >= 15 is 0 Å². The molecule has 1 aliphatic rings. The fourth-order valence-corrected chi connectivity index (χ4v) is 9.78. The minimum atomic E-state index is -0.0360. The molecule has 1 saturated heterocycles. The second kappa shape index (κ2) is 4.44. The molecule has 0 radical (unpaired) electrons. The number of rotatable bonds is 2. The van der Waals surface area contributed by atoms with Crippen molar-refractivity contribution < 1.29 is 0 Å². The lowest BCUT2D eigenvalue weighted by Crippen LogP contribution is -2.53. The van der Waals surface area contributed by atoms with Crippen LogP contribution in [0.5, 0.6) is 0 Å². The highest BCUT2D eigenvalue weighted by molar-refractivity contribution is 8.57. The van der Waals surface area contributed by atoms with E-state index in [0.29, 0.717) is 10.3 Å². The average molecular weight is 287 g/mol. The van der Waals surface area contributed by atoms with Gasteiger partial charge in [-0.15, -0.1) is 0 Å². The van der Waals surface area contributed by atoms with Crippen molar-refractivity contribution in [1.82, 2.24) is 0 Å². The maximum absolute atomic E-state index is 5.93. The summed E-state index contributed by atoms with van der Waals surface area (Å²) in [6, 6.07) is 8.26. The van der Waals surface area contributed by atoms with Gasteiger partial charge in [0.05, 0.1) is 0 Å². The largest absolute Gasteiger partial charge is 0.0975 e. The van der Waals surface area contributed by atoms with E-state index in [1.54, 1.807) is 0 Å². The standard InChI is InChI=1S/C14H20ClPS/c1-10-13(2,3)16(14(10,4)5)17-12-8-6-11(15)7-9-12/h6-10H,1-5H3. The molecule has 0 atom stereocenters. The van der Waals surface area contributed by atoms with E-state index in [-0.39, 0.29) is 7.12 Å². The van der Waals surface area contributed by atoms with E-state index in [0.717, 1.165) is 10.9 Å². The zero-order chi connectivity index (χ0) is 12.8. The van der Waals surface area contributed by atoms with Gasteiger partial charge in [-0.2, -0.15) is 0 Å². The third kappa shape index (κ3) is 2.27. The molecule has 1 aromatic carbocycles. The van der Waals surface area contributed by atoms with E-state index in [1.165, 1.54) is 4.90 Å². The predicted molar refractivity (Wildman–Crippen MR) is 81.6 cm³/mol. The van der Waals surface area contributed by atoms with Crippen LogP contribution in [0.2, 0.25) is 5.02 Å². The molecule has 0 bridgehead atoms. The predicted octanol–water partition coefficient (Wildman–Crippen LogP) is 6.04. The zero-order valence-corrected chi connectivity index (χ0v) is 13.6.